The summed E-state index contributed by atoms with van der Waals surface area (Å²) in [7, 11) is 2.87. The number of benzene rings is 2. The highest BCUT2D eigenvalue weighted by Gasteiger charge is 2.25. The molecule has 0 spiro atoms. The number of anilines is 1. The molecular weight excluding hydrogens is 438 g/mol. The third-order valence-corrected chi connectivity index (χ3v) is 4.45. The molecule has 1 N–H and O–H groups in total. The van der Waals surface area contributed by atoms with Gasteiger partial charge < -0.3 is 24.3 Å². The molecular formula is C22H26ClN3O6. The summed E-state index contributed by atoms with van der Waals surface area (Å²) in [6, 6.07) is 6.71. The number of carbonyl (C=O) groups excluding carboxylic acids is 2. The normalized spacial score (nSPS) is 11.7. The van der Waals surface area contributed by atoms with Crippen molar-refractivity contribution in [1.29, 1.82) is 0 Å². The maximum Gasteiger partial charge on any atom is 0.258 e. The molecule has 0 aliphatic heterocycles. The van der Waals surface area contributed by atoms with Crippen LogP contribution in [0.3, 0.4) is 0 Å². The minimum absolute atomic E-state index is 0.225. The second kappa shape index (κ2) is 11.9. The molecule has 0 fully saturated rings. The van der Waals surface area contributed by atoms with Gasteiger partial charge in [0.1, 0.15) is 22.9 Å². The molecule has 0 bridgehead atoms. The molecule has 2 rings (SSSR count). The summed E-state index contributed by atoms with van der Waals surface area (Å²) in [4.78, 5) is 25.0. The Morgan fingerprint density at radius 3 is 2.34 bits per heavy atom. The van der Waals surface area contributed by atoms with Crippen molar-refractivity contribution in [2.75, 3.05) is 32.8 Å². The van der Waals surface area contributed by atoms with E-state index in [1.165, 1.54) is 27.2 Å². The Morgan fingerprint density at radius 1 is 1.03 bits per heavy atom. The zero-order valence-electron chi connectivity index (χ0n) is 18.6. The van der Waals surface area contributed by atoms with Crippen LogP contribution in [0.5, 0.6) is 23.0 Å². The maximum atomic E-state index is 12.9. The summed E-state index contributed by atoms with van der Waals surface area (Å²) in [6.45, 7) is 5.80. The summed E-state index contributed by atoms with van der Waals surface area (Å²) in [5.74, 6) is 0.429. The van der Waals surface area contributed by atoms with E-state index >= 15 is 0 Å². The van der Waals surface area contributed by atoms with Crippen LogP contribution in [-0.2, 0) is 9.59 Å². The number of hydrogen-bond acceptors (Lipinski definition) is 8. The van der Waals surface area contributed by atoms with Gasteiger partial charge in [0, 0.05) is 18.2 Å². The van der Waals surface area contributed by atoms with Crippen molar-refractivity contribution in [3.63, 3.8) is 0 Å². The van der Waals surface area contributed by atoms with Crippen molar-refractivity contribution in [1.82, 2.24) is 0 Å². The van der Waals surface area contributed by atoms with Crippen LogP contribution < -0.4 is 24.3 Å². The number of rotatable bonds is 11. The van der Waals surface area contributed by atoms with Crippen molar-refractivity contribution >= 4 is 34.7 Å². The molecule has 1 unspecified atom stereocenters. The van der Waals surface area contributed by atoms with E-state index in [9.17, 15) is 9.59 Å². The van der Waals surface area contributed by atoms with Gasteiger partial charge in [0.25, 0.3) is 5.91 Å². The van der Waals surface area contributed by atoms with Crippen LogP contribution in [-0.4, -0.2) is 45.2 Å². The third-order valence-electron chi connectivity index (χ3n) is 4.17. The topological polar surface area (TPSA) is 108 Å². The summed E-state index contributed by atoms with van der Waals surface area (Å²) in [5.41, 5.74) is 0.565. The molecule has 0 aliphatic rings. The molecule has 1 atom stereocenters. The van der Waals surface area contributed by atoms with Crippen LogP contribution in [0.25, 0.3) is 0 Å². The largest absolute Gasteiger partial charge is 0.497 e. The van der Waals surface area contributed by atoms with Crippen LogP contribution >= 0.6 is 11.6 Å². The molecule has 0 saturated carbocycles. The van der Waals surface area contributed by atoms with Gasteiger partial charge in [0.15, 0.2) is 11.5 Å². The molecule has 172 valence electrons. The summed E-state index contributed by atoms with van der Waals surface area (Å²) >= 11 is 6.18. The Morgan fingerprint density at radius 2 is 1.75 bits per heavy atom. The van der Waals surface area contributed by atoms with Gasteiger partial charge in [-0.3, -0.25) is 9.59 Å². The average molecular weight is 464 g/mol. The van der Waals surface area contributed by atoms with E-state index in [0.717, 1.165) is 0 Å². The first-order chi connectivity index (χ1) is 15.3. The van der Waals surface area contributed by atoms with Crippen LogP contribution in [0.2, 0.25) is 5.02 Å². The summed E-state index contributed by atoms with van der Waals surface area (Å²) < 4.78 is 21.4. The number of carbonyl (C=O) groups is 2. The number of methoxy groups -OCH3 is 2. The van der Waals surface area contributed by atoms with Crippen molar-refractivity contribution in [2.24, 2.45) is 10.2 Å². The molecule has 2 aromatic carbocycles. The van der Waals surface area contributed by atoms with Gasteiger partial charge in [-0.05, 0) is 32.9 Å². The number of hydrogen-bond donors (Lipinski definition) is 1. The number of ketones is 1. The second-order valence-electron chi connectivity index (χ2n) is 6.40. The number of Topliss-reactive ketones (excluding diaryl/α,β-unsaturated/α-hetero) is 1. The maximum absolute atomic E-state index is 12.9. The fraction of sp³-hybridized carbons (Fsp3) is 0.364. The molecule has 9 nitrogen and oxygen atoms in total. The Hall–Kier alpha value is -3.33. The molecule has 0 saturated heterocycles. The van der Waals surface area contributed by atoms with Crippen LogP contribution in [0.4, 0.5) is 11.4 Å². The monoisotopic (exact) mass is 463 g/mol. The van der Waals surface area contributed by atoms with Crippen molar-refractivity contribution in [3.05, 3.63) is 35.4 Å². The number of azo groups is 1. The number of nitrogens with one attached hydrogen (secondary N) is 1. The Labute approximate surface area is 191 Å². The van der Waals surface area contributed by atoms with E-state index in [4.69, 9.17) is 30.5 Å². The third kappa shape index (κ3) is 6.34. The van der Waals surface area contributed by atoms with Crippen molar-refractivity contribution in [3.8, 4) is 23.0 Å². The van der Waals surface area contributed by atoms with Crippen molar-refractivity contribution in [2.45, 2.75) is 26.8 Å². The summed E-state index contributed by atoms with van der Waals surface area (Å²) in [6.07, 6.45) is 0. The minimum atomic E-state index is -1.41. The van der Waals surface area contributed by atoms with E-state index in [1.807, 2.05) is 13.8 Å². The second-order valence-corrected chi connectivity index (χ2v) is 6.81. The molecule has 0 heterocycles. The zero-order valence-corrected chi connectivity index (χ0v) is 19.4. The molecule has 0 aromatic heterocycles. The standard InChI is InChI=1S/C22H26ClN3O6/c1-6-31-14-8-9-19(32-7-2)17(11-14)25-26-20(13(3)27)22(28)24-18-12-15(29-4)10-16(23)21(18)30-5/h8-12,20H,6-7H2,1-5H3,(H,24,28). The fourth-order valence-corrected chi connectivity index (χ4v) is 3.02. The Balaban J connectivity index is 2.35. The van der Waals surface area contributed by atoms with Gasteiger partial charge in [-0.15, -0.1) is 0 Å². The van der Waals surface area contributed by atoms with Gasteiger partial charge in [0.05, 0.1) is 38.1 Å². The molecule has 1 amide bonds. The Bertz CT molecular complexity index is 996. The van der Waals surface area contributed by atoms with Gasteiger partial charge in [-0.1, -0.05) is 11.6 Å². The fourth-order valence-electron chi connectivity index (χ4n) is 2.74. The van der Waals surface area contributed by atoms with Crippen LogP contribution in [0.15, 0.2) is 40.6 Å². The van der Waals surface area contributed by atoms with E-state index in [1.54, 1.807) is 24.3 Å². The lowest BCUT2D eigenvalue weighted by atomic mass is 10.2. The first kappa shape index (κ1) is 24.9. The minimum Gasteiger partial charge on any atom is -0.497 e. The molecule has 2 aromatic rings. The van der Waals surface area contributed by atoms with Gasteiger partial charge in [-0.2, -0.15) is 10.2 Å². The van der Waals surface area contributed by atoms with Gasteiger partial charge >= 0.3 is 0 Å². The lowest BCUT2D eigenvalue weighted by Crippen LogP contribution is -2.32. The first-order valence-corrected chi connectivity index (χ1v) is 10.3. The zero-order chi connectivity index (χ0) is 23.7. The number of halogens is 1. The quantitative estimate of drug-likeness (QED) is 0.377. The SMILES string of the molecule is CCOc1ccc(OCC)c(N=NC(C(C)=O)C(=O)Nc2cc(OC)cc(Cl)c2OC)c1. The molecule has 32 heavy (non-hydrogen) atoms. The highest BCUT2D eigenvalue weighted by molar-refractivity contribution is 6.33. The number of ether oxygens (including phenoxy) is 4. The number of amides is 1. The van der Waals surface area contributed by atoms with E-state index in [2.05, 4.69) is 15.5 Å². The predicted molar refractivity (Wildman–Crippen MR) is 121 cm³/mol. The van der Waals surface area contributed by atoms with Crippen LogP contribution in [0, 0.1) is 0 Å². The highest BCUT2D eigenvalue weighted by atomic mass is 35.5. The lowest BCUT2D eigenvalue weighted by Gasteiger charge is -2.15. The highest BCUT2D eigenvalue weighted by Crippen LogP contribution is 2.37. The first-order valence-electron chi connectivity index (χ1n) is 9.87. The predicted octanol–water partition coefficient (Wildman–Crippen LogP) is 4.83. The van der Waals surface area contributed by atoms with Crippen LogP contribution in [0.1, 0.15) is 20.8 Å². The molecule has 0 aliphatic carbocycles. The molecule has 10 heteroatoms. The van der Waals surface area contributed by atoms with E-state index in [0.29, 0.717) is 36.1 Å². The van der Waals surface area contributed by atoms with E-state index < -0.39 is 17.7 Å². The van der Waals surface area contributed by atoms with Gasteiger partial charge in [-0.25, -0.2) is 0 Å². The molecule has 0 radical (unpaired) electrons. The number of nitrogens with zero attached hydrogens (tertiary/aromatic N) is 2. The summed E-state index contributed by atoms with van der Waals surface area (Å²) in [5, 5.41) is 10.9. The van der Waals surface area contributed by atoms with E-state index in [-0.39, 0.29) is 16.5 Å². The average Bonchev–Trinajstić information content (AvgIpc) is 2.75. The Kier molecular flexibility index (Phi) is 9.27. The van der Waals surface area contributed by atoms with Crippen molar-refractivity contribution < 1.29 is 28.5 Å². The lowest BCUT2D eigenvalue weighted by molar-refractivity contribution is -0.126. The van der Waals surface area contributed by atoms with Gasteiger partial charge in [0.2, 0.25) is 6.04 Å². The smallest absolute Gasteiger partial charge is 0.258 e.